The standard InChI is InChI=1S/C14H15N3O3S/c1-2-4-12-9(3-1)19-11(8-21-12)13-16-14(20-17-13)10-7-15-5-6-18-10/h1-4,10-11,15H,5-8H2. The van der Waals surface area contributed by atoms with Crippen molar-refractivity contribution in [3.05, 3.63) is 36.0 Å². The second-order valence-corrected chi connectivity index (χ2v) is 5.98. The number of ether oxygens (including phenoxy) is 2. The van der Waals surface area contributed by atoms with E-state index in [0.717, 1.165) is 22.9 Å². The molecule has 0 aliphatic carbocycles. The third-order valence-corrected chi connectivity index (χ3v) is 4.57. The van der Waals surface area contributed by atoms with Gasteiger partial charge in [-0.15, -0.1) is 11.8 Å². The minimum Gasteiger partial charge on any atom is -0.480 e. The molecule has 2 aliphatic rings. The molecule has 1 fully saturated rings. The number of hydrogen-bond acceptors (Lipinski definition) is 7. The Morgan fingerprint density at radius 2 is 2.19 bits per heavy atom. The number of nitrogens with zero attached hydrogens (tertiary/aromatic N) is 2. The lowest BCUT2D eigenvalue weighted by Gasteiger charge is -2.23. The van der Waals surface area contributed by atoms with Gasteiger partial charge in [-0.2, -0.15) is 4.98 Å². The molecule has 7 heteroatoms. The van der Waals surface area contributed by atoms with Gasteiger partial charge in [0.1, 0.15) is 11.9 Å². The number of para-hydroxylation sites is 1. The van der Waals surface area contributed by atoms with Crippen molar-refractivity contribution >= 4 is 11.8 Å². The summed E-state index contributed by atoms with van der Waals surface area (Å²) in [5.74, 6) is 2.76. The number of morpholine rings is 1. The van der Waals surface area contributed by atoms with E-state index in [-0.39, 0.29) is 12.2 Å². The van der Waals surface area contributed by atoms with E-state index < -0.39 is 0 Å². The molecule has 2 aliphatic heterocycles. The molecule has 4 rings (SSSR count). The lowest BCUT2D eigenvalue weighted by Crippen LogP contribution is -2.33. The van der Waals surface area contributed by atoms with Gasteiger partial charge in [0, 0.05) is 23.7 Å². The molecule has 1 N–H and O–H groups in total. The van der Waals surface area contributed by atoms with Crippen LogP contribution in [0.5, 0.6) is 5.75 Å². The maximum atomic E-state index is 5.96. The first-order valence-electron chi connectivity index (χ1n) is 6.94. The summed E-state index contributed by atoms with van der Waals surface area (Å²) >= 11 is 1.75. The van der Waals surface area contributed by atoms with Gasteiger partial charge in [0.25, 0.3) is 5.89 Å². The van der Waals surface area contributed by atoms with E-state index in [9.17, 15) is 0 Å². The van der Waals surface area contributed by atoms with E-state index in [1.807, 2.05) is 18.2 Å². The van der Waals surface area contributed by atoms with Gasteiger partial charge in [0.15, 0.2) is 6.10 Å². The SMILES string of the molecule is c1ccc2c(c1)OC(c1noc(C3CNCCO3)n1)CS2. The van der Waals surface area contributed by atoms with Crippen LogP contribution in [0.4, 0.5) is 0 Å². The number of hydrogen-bond donors (Lipinski definition) is 1. The van der Waals surface area contributed by atoms with Crippen LogP contribution < -0.4 is 10.1 Å². The van der Waals surface area contributed by atoms with Gasteiger partial charge >= 0.3 is 0 Å². The fourth-order valence-electron chi connectivity index (χ4n) is 2.38. The second-order valence-electron chi connectivity index (χ2n) is 4.92. The zero-order valence-electron chi connectivity index (χ0n) is 11.3. The first kappa shape index (κ1) is 13.1. The van der Waals surface area contributed by atoms with E-state index >= 15 is 0 Å². The van der Waals surface area contributed by atoms with E-state index in [2.05, 4.69) is 21.5 Å². The summed E-state index contributed by atoms with van der Waals surface area (Å²) in [7, 11) is 0. The predicted octanol–water partition coefficient (Wildman–Crippen LogP) is 1.96. The number of nitrogens with one attached hydrogen (secondary N) is 1. The van der Waals surface area contributed by atoms with Crippen LogP contribution in [0.15, 0.2) is 33.7 Å². The summed E-state index contributed by atoms with van der Waals surface area (Å²) in [6, 6.07) is 7.99. The Bertz CT molecular complexity index is 627. The quantitative estimate of drug-likeness (QED) is 0.909. The second kappa shape index (κ2) is 5.67. The van der Waals surface area contributed by atoms with Gasteiger partial charge in [-0.1, -0.05) is 17.3 Å². The van der Waals surface area contributed by atoms with Crippen molar-refractivity contribution in [1.29, 1.82) is 0 Å². The van der Waals surface area contributed by atoms with E-state index in [1.165, 1.54) is 0 Å². The number of aromatic nitrogens is 2. The van der Waals surface area contributed by atoms with Gasteiger partial charge in [-0.25, -0.2) is 0 Å². The average molecular weight is 305 g/mol. The maximum absolute atomic E-state index is 5.96. The molecule has 0 spiro atoms. The summed E-state index contributed by atoms with van der Waals surface area (Å²) in [6.45, 7) is 2.22. The Labute approximate surface area is 126 Å². The van der Waals surface area contributed by atoms with Gasteiger partial charge in [-0.3, -0.25) is 0 Å². The van der Waals surface area contributed by atoms with Crippen molar-refractivity contribution < 1.29 is 14.0 Å². The van der Waals surface area contributed by atoms with Crippen molar-refractivity contribution in [3.63, 3.8) is 0 Å². The Hall–Kier alpha value is -1.57. The van der Waals surface area contributed by atoms with Crippen molar-refractivity contribution in [2.75, 3.05) is 25.4 Å². The highest BCUT2D eigenvalue weighted by Crippen LogP contribution is 2.39. The molecule has 2 atom stereocenters. The Balaban J connectivity index is 1.51. The lowest BCUT2D eigenvalue weighted by molar-refractivity contribution is 0.00755. The smallest absolute Gasteiger partial charge is 0.257 e. The van der Waals surface area contributed by atoms with Crippen LogP contribution in [0.3, 0.4) is 0 Å². The molecule has 21 heavy (non-hydrogen) atoms. The summed E-state index contributed by atoms with van der Waals surface area (Å²) in [5.41, 5.74) is 0. The highest BCUT2D eigenvalue weighted by molar-refractivity contribution is 7.99. The molecule has 1 saturated heterocycles. The largest absolute Gasteiger partial charge is 0.480 e. The van der Waals surface area contributed by atoms with Crippen molar-refractivity contribution in [2.24, 2.45) is 0 Å². The lowest BCUT2D eigenvalue weighted by atomic mass is 10.3. The number of fused-ring (bicyclic) bond motifs is 1. The summed E-state index contributed by atoms with van der Waals surface area (Å²) < 4.78 is 16.9. The van der Waals surface area contributed by atoms with Gasteiger partial charge < -0.3 is 19.3 Å². The first-order valence-corrected chi connectivity index (χ1v) is 7.93. The maximum Gasteiger partial charge on any atom is 0.257 e. The van der Waals surface area contributed by atoms with E-state index in [1.54, 1.807) is 11.8 Å². The van der Waals surface area contributed by atoms with Gasteiger partial charge in [-0.05, 0) is 12.1 Å². The molecular weight excluding hydrogens is 290 g/mol. The third kappa shape index (κ3) is 2.64. The van der Waals surface area contributed by atoms with Crippen molar-refractivity contribution in [3.8, 4) is 5.75 Å². The molecule has 1 aromatic heterocycles. The molecule has 6 nitrogen and oxygen atoms in total. The Morgan fingerprint density at radius 3 is 3.10 bits per heavy atom. The zero-order chi connectivity index (χ0) is 14.1. The highest BCUT2D eigenvalue weighted by atomic mass is 32.2. The Kier molecular flexibility index (Phi) is 3.54. The van der Waals surface area contributed by atoms with Crippen LogP contribution in [-0.4, -0.2) is 35.6 Å². The predicted molar refractivity (Wildman–Crippen MR) is 76.4 cm³/mol. The topological polar surface area (TPSA) is 69.4 Å². The molecule has 3 heterocycles. The minimum atomic E-state index is -0.182. The molecule has 1 aromatic carbocycles. The average Bonchev–Trinajstić information content (AvgIpc) is 3.05. The van der Waals surface area contributed by atoms with Crippen LogP contribution in [-0.2, 0) is 4.74 Å². The van der Waals surface area contributed by atoms with E-state index in [4.69, 9.17) is 14.0 Å². The number of thioether (sulfide) groups is 1. The summed E-state index contributed by atoms with van der Waals surface area (Å²) in [5, 5.41) is 7.30. The monoisotopic (exact) mass is 305 g/mol. The molecule has 0 amide bonds. The van der Waals surface area contributed by atoms with E-state index in [0.29, 0.717) is 24.9 Å². The Morgan fingerprint density at radius 1 is 1.24 bits per heavy atom. The molecular formula is C14H15N3O3S. The van der Waals surface area contributed by atoms with Crippen molar-refractivity contribution in [2.45, 2.75) is 17.1 Å². The van der Waals surface area contributed by atoms with Gasteiger partial charge in [0.05, 0.1) is 6.61 Å². The van der Waals surface area contributed by atoms with Crippen LogP contribution in [0.2, 0.25) is 0 Å². The molecule has 2 unspecified atom stereocenters. The number of benzene rings is 1. The normalized spacial score (nSPS) is 25.1. The zero-order valence-corrected chi connectivity index (χ0v) is 12.1. The summed E-state index contributed by atoms with van der Waals surface area (Å²) in [4.78, 5) is 5.60. The number of rotatable bonds is 2. The van der Waals surface area contributed by atoms with Crippen LogP contribution >= 0.6 is 11.8 Å². The summed E-state index contributed by atoms with van der Waals surface area (Å²) in [6.07, 6.45) is -0.345. The molecule has 0 radical (unpaired) electrons. The minimum absolute atomic E-state index is 0.163. The highest BCUT2D eigenvalue weighted by Gasteiger charge is 2.28. The molecule has 0 saturated carbocycles. The molecule has 2 aromatic rings. The van der Waals surface area contributed by atoms with Gasteiger partial charge in [0.2, 0.25) is 5.82 Å². The van der Waals surface area contributed by atoms with Crippen LogP contribution in [0.25, 0.3) is 0 Å². The third-order valence-electron chi connectivity index (χ3n) is 3.46. The molecule has 0 bridgehead atoms. The van der Waals surface area contributed by atoms with Crippen molar-refractivity contribution in [1.82, 2.24) is 15.5 Å². The first-order chi connectivity index (χ1) is 10.4. The fourth-order valence-corrected chi connectivity index (χ4v) is 3.36. The molecule has 110 valence electrons. The van der Waals surface area contributed by atoms with Crippen LogP contribution in [0.1, 0.15) is 23.9 Å². The fraction of sp³-hybridized carbons (Fsp3) is 0.429. The van der Waals surface area contributed by atoms with Crippen LogP contribution in [0, 0.1) is 0 Å².